The van der Waals surface area contributed by atoms with Crippen LogP contribution in [0.1, 0.15) is 81.1 Å². The highest BCUT2D eigenvalue weighted by atomic mass is 33.1. The second-order valence-electron chi connectivity index (χ2n) is 6.12. The van der Waals surface area contributed by atoms with E-state index in [1.54, 1.807) is 0 Å². The molecule has 0 aromatic heterocycles. The third-order valence-corrected chi connectivity index (χ3v) is 9.90. The molecule has 2 heteroatoms. The van der Waals surface area contributed by atoms with Gasteiger partial charge in [0, 0.05) is 9.49 Å². The Labute approximate surface area is 124 Å². The van der Waals surface area contributed by atoms with Crippen LogP contribution in [0.3, 0.4) is 0 Å². The van der Waals surface area contributed by atoms with Gasteiger partial charge in [-0.05, 0) is 38.5 Å². The van der Waals surface area contributed by atoms with Crippen molar-refractivity contribution in [3.63, 3.8) is 0 Å². The Morgan fingerprint density at radius 3 is 1.17 bits per heavy atom. The van der Waals surface area contributed by atoms with Gasteiger partial charge in [0.05, 0.1) is 0 Å². The van der Waals surface area contributed by atoms with Gasteiger partial charge in [0.25, 0.3) is 0 Å². The lowest BCUT2D eigenvalue weighted by Gasteiger charge is -2.39. The van der Waals surface area contributed by atoms with Gasteiger partial charge in [-0.1, -0.05) is 76.0 Å². The summed E-state index contributed by atoms with van der Waals surface area (Å²) in [5.74, 6) is 1.58. The zero-order valence-electron chi connectivity index (χ0n) is 13.8. The van der Waals surface area contributed by atoms with Crippen molar-refractivity contribution in [1.29, 1.82) is 0 Å². The molecule has 4 atom stereocenters. The van der Waals surface area contributed by atoms with E-state index in [2.05, 4.69) is 77.0 Å². The molecule has 0 rings (SSSR count). The molecule has 0 saturated heterocycles. The van der Waals surface area contributed by atoms with E-state index in [0.717, 1.165) is 11.8 Å². The highest BCUT2D eigenvalue weighted by Crippen LogP contribution is 2.52. The van der Waals surface area contributed by atoms with E-state index in [0.29, 0.717) is 9.49 Å². The lowest BCUT2D eigenvalue weighted by atomic mass is 9.90. The van der Waals surface area contributed by atoms with Gasteiger partial charge in [-0.15, -0.1) is 0 Å². The van der Waals surface area contributed by atoms with Crippen molar-refractivity contribution in [2.45, 2.75) is 90.6 Å². The molecule has 0 radical (unpaired) electrons. The molecule has 0 aromatic rings. The smallest absolute Gasteiger partial charge is 0.0258 e. The van der Waals surface area contributed by atoms with Gasteiger partial charge in [0.15, 0.2) is 0 Å². The van der Waals surface area contributed by atoms with Gasteiger partial charge < -0.3 is 0 Å². The molecule has 4 unspecified atom stereocenters. The maximum absolute atomic E-state index is 2.45. The summed E-state index contributed by atoms with van der Waals surface area (Å²) in [7, 11) is 4.30. The molecule has 110 valence electrons. The van der Waals surface area contributed by atoms with Crippen LogP contribution in [-0.4, -0.2) is 9.49 Å². The van der Waals surface area contributed by atoms with Crippen LogP contribution in [0, 0.1) is 11.8 Å². The van der Waals surface area contributed by atoms with Crippen LogP contribution in [-0.2, 0) is 0 Å². The first-order valence-corrected chi connectivity index (χ1v) is 9.81. The first-order valence-electron chi connectivity index (χ1n) is 7.66. The van der Waals surface area contributed by atoms with Crippen LogP contribution >= 0.6 is 21.6 Å². The minimum absolute atomic E-state index is 0.420. The average Bonchev–Trinajstić information content (AvgIpc) is 2.42. The maximum Gasteiger partial charge on any atom is 0.0258 e. The molecule has 0 fully saturated rings. The SMILES string of the molecule is CCC(C)C(C)(CC)SSC(C)(CC)C(C)CC. The zero-order valence-corrected chi connectivity index (χ0v) is 15.4. The van der Waals surface area contributed by atoms with E-state index in [9.17, 15) is 0 Å². The fourth-order valence-corrected chi connectivity index (χ4v) is 6.15. The molecule has 0 aliphatic rings. The van der Waals surface area contributed by atoms with Crippen LogP contribution in [0.25, 0.3) is 0 Å². The van der Waals surface area contributed by atoms with Crippen molar-refractivity contribution in [2.24, 2.45) is 11.8 Å². The second kappa shape index (κ2) is 8.09. The Balaban J connectivity index is 4.69. The van der Waals surface area contributed by atoms with Crippen molar-refractivity contribution in [3.8, 4) is 0 Å². The largest absolute Gasteiger partial charge is 0.0868 e. The summed E-state index contributed by atoms with van der Waals surface area (Å²) in [5.41, 5.74) is 0. The van der Waals surface area contributed by atoms with Gasteiger partial charge in [-0.2, -0.15) is 0 Å². The fraction of sp³-hybridized carbons (Fsp3) is 1.00. The predicted octanol–water partition coefficient (Wildman–Crippen LogP) is 6.80. The van der Waals surface area contributed by atoms with Crippen LogP contribution in [0.15, 0.2) is 0 Å². The number of rotatable bonds is 9. The third kappa shape index (κ3) is 4.67. The molecule has 0 aliphatic carbocycles. The first-order chi connectivity index (χ1) is 8.29. The molecular formula is C16H34S2. The van der Waals surface area contributed by atoms with Crippen molar-refractivity contribution in [1.82, 2.24) is 0 Å². The van der Waals surface area contributed by atoms with Gasteiger partial charge in [0.1, 0.15) is 0 Å². The normalized spacial score (nSPS) is 22.0. The minimum Gasteiger partial charge on any atom is -0.0868 e. The van der Waals surface area contributed by atoms with Gasteiger partial charge in [-0.3, -0.25) is 0 Å². The molecule has 0 nitrogen and oxygen atoms in total. The molecule has 0 spiro atoms. The topological polar surface area (TPSA) is 0 Å². The molecule has 0 saturated carbocycles. The Bertz CT molecular complexity index is 205. The lowest BCUT2D eigenvalue weighted by molar-refractivity contribution is 0.406. The van der Waals surface area contributed by atoms with Crippen molar-refractivity contribution in [2.75, 3.05) is 0 Å². The molecule has 0 aromatic carbocycles. The lowest BCUT2D eigenvalue weighted by Crippen LogP contribution is -2.31. The Kier molecular flexibility index (Phi) is 8.41. The average molecular weight is 291 g/mol. The molecular weight excluding hydrogens is 256 g/mol. The molecule has 18 heavy (non-hydrogen) atoms. The second-order valence-corrected chi connectivity index (χ2v) is 9.32. The Morgan fingerprint density at radius 1 is 0.722 bits per heavy atom. The zero-order chi connectivity index (χ0) is 14.4. The highest BCUT2D eigenvalue weighted by molar-refractivity contribution is 8.77. The number of hydrogen-bond donors (Lipinski definition) is 0. The predicted molar refractivity (Wildman–Crippen MR) is 91.5 cm³/mol. The summed E-state index contributed by atoms with van der Waals surface area (Å²) >= 11 is 0. The summed E-state index contributed by atoms with van der Waals surface area (Å²) in [6, 6.07) is 0. The fourth-order valence-electron chi connectivity index (χ4n) is 2.03. The molecule has 0 N–H and O–H groups in total. The summed E-state index contributed by atoms with van der Waals surface area (Å²) < 4.78 is 0.840. The van der Waals surface area contributed by atoms with Gasteiger partial charge >= 0.3 is 0 Å². The van der Waals surface area contributed by atoms with Crippen LogP contribution in [0.5, 0.6) is 0 Å². The van der Waals surface area contributed by atoms with Gasteiger partial charge in [-0.25, -0.2) is 0 Å². The molecule has 0 amide bonds. The van der Waals surface area contributed by atoms with Crippen LogP contribution < -0.4 is 0 Å². The highest BCUT2D eigenvalue weighted by Gasteiger charge is 2.35. The maximum atomic E-state index is 2.45. The molecule has 0 heterocycles. The minimum atomic E-state index is 0.420. The Hall–Kier alpha value is 0.700. The molecule has 0 aliphatic heterocycles. The number of hydrogen-bond acceptors (Lipinski definition) is 2. The Morgan fingerprint density at radius 2 is 1.00 bits per heavy atom. The standard InChI is InChI=1S/C16H34S2/c1-9-13(5)15(7,11-3)17-18-16(8,12-4)14(6)10-2/h13-14H,9-12H2,1-8H3. The van der Waals surface area contributed by atoms with Crippen molar-refractivity contribution < 1.29 is 0 Å². The van der Waals surface area contributed by atoms with E-state index >= 15 is 0 Å². The van der Waals surface area contributed by atoms with Crippen molar-refractivity contribution in [3.05, 3.63) is 0 Å². The van der Waals surface area contributed by atoms with Crippen LogP contribution in [0.2, 0.25) is 0 Å². The van der Waals surface area contributed by atoms with Gasteiger partial charge in [0.2, 0.25) is 0 Å². The van der Waals surface area contributed by atoms with E-state index in [-0.39, 0.29) is 0 Å². The van der Waals surface area contributed by atoms with E-state index < -0.39 is 0 Å². The third-order valence-electron chi connectivity index (χ3n) is 5.14. The summed E-state index contributed by atoms with van der Waals surface area (Å²) in [5, 5.41) is 0. The molecule has 0 bridgehead atoms. The van der Waals surface area contributed by atoms with Crippen LogP contribution in [0.4, 0.5) is 0 Å². The van der Waals surface area contributed by atoms with E-state index in [4.69, 9.17) is 0 Å². The van der Waals surface area contributed by atoms with E-state index in [1.807, 2.05) is 0 Å². The van der Waals surface area contributed by atoms with Crippen molar-refractivity contribution >= 4 is 21.6 Å². The quantitative estimate of drug-likeness (QED) is 0.428. The summed E-state index contributed by atoms with van der Waals surface area (Å²) in [6.45, 7) is 19.0. The first kappa shape index (κ1) is 18.7. The summed E-state index contributed by atoms with van der Waals surface area (Å²) in [6.07, 6.45) is 5.09. The monoisotopic (exact) mass is 290 g/mol. The van der Waals surface area contributed by atoms with E-state index in [1.165, 1.54) is 25.7 Å². The summed E-state index contributed by atoms with van der Waals surface area (Å²) in [4.78, 5) is 0.